The third-order valence-corrected chi connectivity index (χ3v) is 6.00. The number of hydrogen-bond donors (Lipinski definition) is 1. The number of anilines is 1. The van der Waals surface area contributed by atoms with Crippen molar-refractivity contribution in [3.8, 4) is 11.5 Å². The van der Waals surface area contributed by atoms with E-state index in [2.05, 4.69) is 29.2 Å². The van der Waals surface area contributed by atoms with Gasteiger partial charge in [-0.1, -0.05) is 13.8 Å². The van der Waals surface area contributed by atoms with Gasteiger partial charge >= 0.3 is 0 Å². The summed E-state index contributed by atoms with van der Waals surface area (Å²) in [5, 5.41) is 7.22. The Labute approximate surface area is 202 Å². The van der Waals surface area contributed by atoms with Crippen LogP contribution in [0.25, 0.3) is 0 Å². The highest BCUT2D eigenvalue weighted by Gasteiger charge is 2.18. The number of likely N-dealkylation sites (tertiary alicyclic amines) is 1. The molecule has 1 saturated heterocycles. The summed E-state index contributed by atoms with van der Waals surface area (Å²) >= 11 is 0. The highest BCUT2D eigenvalue weighted by molar-refractivity contribution is 6.04. The number of nitrogens with one attached hydrogen (secondary N) is 1. The zero-order valence-corrected chi connectivity index (χ0v) is 20.6. The smallest absolute Gasteiger partial charge is 0.260 e. The lowest BCUT2D eigenvalue weighted by atomic mass is 10.1. The van der Waals surface area contributed by atoms with Crippen LogP contribution in [0.4, 0.5) is 5.69 Å². The number of carbonyl (C=O) groups excluding carboxylic acids is 2. The third kappa shape index (κ3) is 7.21. The van der Waals surface area contributed by atoms with Crippen LogP contribution in [-0.2, 0) is 11.3 Å². The minimum absolute atomic E-state index is 0.0259. The number of hydrogen-bond acceptors (Lipinski definition) is 6. The van der Waals surface area contributed by atoms with Crippen LogP contribution in [0.15, 0.2) is 30.6 Å². The molecule has 9 nitrogen and oxygen atoms in total. The largest absolute Gasteiger partial charge is 0.490 e. The van der Waals surface area contributed by atoms with E-state index in [1.807, 2.05) is 22.7 Å². The molecule has 0 radical (unpaired) electrons. The van der Waals surface area contributed by atoms with E-state index in [4.69, 9.17) is 9.47 Å². The standard InChI is InChI=1S/C25H37N5O4/c1-4-28(5-2)14-15-30-18-21(17-26-30)27-25(32)20-10-11-22(23(16-20)33-6-3)34-19-24(31)29-12-8-7-9-13-29/h10-11,16-18H,4-9,12-15,19H2,1-3H3,(H,27,32). The molecule has 0 spiro atoms. The minimum Gasteiger partial charge on any atom is -0.490 e. The van der Waals surface area contributed by atoms with Crippen LogP contribution >= 0.6 is 0 Å². The van der Waals surface area contributed by atoms with E-state index < -0.39 is 0 Å². The fourth-order valence-electron chi connectivity index (χ4n) is 3.95. The molecule has 2 aromatic rings. The first-order chi connectivity index (χ1) is 16.5. The van der Waals surface area contributed by atoms with E-state index in [0.29, 0.717) is 29.4 Å². The number of ether oxygens (including phenoxy) is 2. The van der Waals surface area contributed by atoms with Gasteiger partial charge in [-0.2, -0.15) is 5.10 Å². The summed E-state index contributed by atoms with van der Waals surface area (Å²) in [6, 6.07) is 4.99. The summed E-state index contributed by atoms with van der Waals surface area (Å²) in [6.07, 6.45) is 6.71. The van der Waals surface area contributed by atoms with Crippen molar-refractivity contribution >= 4 is 17.5 Å². The number of rotatable bonds is 12. The van der Waals surface area contributed by atoms with Crippen LogP contribution in [0.3, 0.4) is 0 Å². The molecule has 34 heavy (non-hydrogen) atoms. The molecule has 2 heterocycles. The summed E-state index contributed by atoms with van der Waals surface area (Å²) in [5.74, 6) is 0.603. The van der Waals surface area contributed by atoms with Crippen LogP contribution < -0.4 is 14.8 Å². The van der Waals surface area contributed by atoms with E-state index >= 15 is 0 Å². The number of benzene rings is 1. The Bertz CT molecular complexity index is 935. The van der Waals surface area contributed by atoms with Gasteiger partial charge in [0.05, 0.1) is 25.0 Å². The van der Waals surface area contributed by atoms with Crippen molar-refractivity contribution < 1.29 is 19.1 Å². The van der Waals surface area contributed by atoms with Gasteiger partial charge in [0.25, 0.3) is 11.8 Å². The summed E-state index contributed by atoms with van der Waals surface area (Å²) in [4.78, 5) is 29.4. The molecule has 0 unspecified atom stereocenters. The maximum absolute atomic E-state index is 12.8. The average Bonchev–Trinajstić information content (AvgIpc) is 3.31. The molecule has 1 aromatic heterocycles. The predicted molar refractivity (Wildman–Crippen MR) is 132 cm³/mol. The van der Waals surface area contributed by atoms with Gasteiger partial charge in [0.15, 0.2) is 18.1 Å². The fraction of sp³-hybridized carbons (Fsp3) is 0.560. The normalized spacial score (nSPS) is 13.7. The van der Waals surface area contributed by atoms with Gasteiger partial charge in [-0.3, -0.25) is 14.3 Å². The molecular formula is C25H37N5O4. The first-order valence-corrected chi connectivity index (χ1v) is 12.3. The van der Waals surface area contributed by atoms with Crippen molar-refractivity contribution in [2.24, 2.45) is 0 Å². The average molecular weight is 472 g/mol. The maximum Gasteiger partial charge on any atom is 0.260 e. The van der Waals surface area contributed by atoms with E-state index in [0.717, 1.165) is 52.1 Å². The second-order valence-corrected chi connectivity index (χ2v) is 8.30. The lowest BCUT2D eigenvalue weighted by molar-refractivity contribution is -0.134. The zero-order chi connectivity index (χ0) is 24.3. The van der Waals surface area contributed by atoms with E-state index in [-0.39, 0.29) is 18.4 Å². The van der Waals surface area contributed by atoms with E-state index in [1.165, 1.54) is 6.42 Å². The van der Waals surface area contributed by atoms with Crippen molar-refractivity contribution in [3.05, 3.63) is 36.2 Å². The van der Waals surface area contributed by atoms with Crippen LogP contribution in [0.2, 0.25) is 0 Å². The maximum atomic E-state index is 12.8. The Morgan fingerprint density at radius 3 is 2.53 bits per heavy atom. The molecule has 186 valence electrons. The van der Waals surface area contributed by atoms with Gasteiger partial charge in [-0.15, -0.1) is 0 Å². The summed E-state index contributed by atoms with van der Waals surface area (Å²) < 4.78 is 13.3. The molecule has 0 bridgehead atoms. The van der Waals surface area contributed by atoms with Crippen molar-refractivity contribution in [3.63, 3.8) is 0 Å². The topological polar surface area (TPSA) is 88.9 Å². The highest BCUT2D eigenvalue weighted by Crippen LogP contribution is 2.29. The molecule has 1 fully saturated rings. The molecule has 1 aliphatic rings. The second-order valence-electron chi connectivity index (χ2n) is 8.30. The van der Waals surface area contributed by atoms with Crippen LogP contribution in [0.1, 0.15) is 50.4 Å². The Kier molecular flexibility index (Phi) is 9.75. The van der Waals surface area contributed by atoms with Crippen molar-refractivity contribution in [1.82, 2.24) is 19.6 Å². The molecule has 9 heteroatoms. The molecule has 0 aliphatic carbocycles. The lowest BCUT2D eigenvalue weighted by Crippen LogP contribution is -2.38. The van der Waals surface area contributed by atoms with Crippen LogP contribution in [0, 0.1) is 0 Å². The molecule has 2 amide bonds. The molecule has 0 atom stereocenters. The highest BCUT2D eigenvalue weighted by atomic mass is 16.5. The summed E-state index contributed by atoms with van der Waals surface area (Å²) in [5.41, 5.74) is 1.07. The van der Waals surface area contributed by atoms with Gasteiger partial charge in [-0.05, 0) is 57.5 Å². The van der Waals surface area contributed by atoms with Crippen LogP contribution in [-0.4, -0.2) is 77.3 Å². The molecule has 0 saturated carbocycles. The van der Waals surface area contributed by atoms with E-state index in [1.54, 1.807) is 24.4 Å². The van der Waals surface area contributed by atoms with E-state index in [9.17, 15) is 9.59 Å². The molecular weight excluding hydrogens is 434 g/mol. The molecule has 1 aliphatic heterocycles. The number of carbonyl (C=O) groups is 2. The Morgan fingerprint density at radius 1 is 1.06 bits per heavy atom. The first-order valence-electron chi connectivity index (χ1n) is 12.3. The summed E-state index contributed by atoms with van der Waals surface area (Å²) in [6.45, 7) is 11.7. The van der Waals surface area contributed by atoms with Crippen LogP contribution in [0.5, 0.6) is 11.5 Å². The van der Waals surface area contributed by atoms with Crippen molar-refractivity contribution in [1.29, 1.82) is 0 Å². The monoisotopic (exact) mass is 471 g/mol. The zero-order valence-electron chi connectivity index (χ0n) is 20.6. The molecule has 1 aromatic carbocycles. The van der Waals surface area contributed by atoms with Gasteiger partial charge in [0.2, 0.25) is 0 Å². The van der Waals surface area contributed by atoms with Gasteiger partial charge < -0.3 is 24.6 Å². The molecule has 1 N–H and O–H groups in total. The van der Waals surface area contributed by atoms with Crippen molar-refractivity contribution in [2.75, 3.05) is 51.3 Å². The van der Waals surface area contributed by atoms with Gasteiger partial charge in [0.1, 0.15) is 0 Å². The second kappa shape index (κ2) is 13.0. The lowest BCUT2D eigenvalue weighted by Gasteiger charge is -2.26. The predicted octanol–water partition coefficient (Wildman–Crippen LogP) is 3.27. The molecule has 3 rings (SSSR count). The number of nitrogens with zero attached hydrogens (tertiary/aromatic N) is 4. The van der Waals surface area contributed by atoms with Gasteiger partial charge in [0, 0.05) is 31.4 Å². The Balaban J connectivity index is 1.59. The SMILES string of the molecule is CCOc1cc(C(=O)Nc2cnn(CCN(CC)CC)c2)ccc1OCC(=O)N1CCCCC1. The third-order valence-electron chi connectivity index (χ3n) is 6.00. The number of piperidine rings is 1. The van der Waals surface area contributed by atoms with Gasteiger partial charge in [-0.25, -0.2) is 0 Å². The number of aromatic nitrogens is 2. The Morgan fingerprint density at radius 2 is 1.82 bits per heavy atom. The minimum atomic E-state index is -0.264. The fourth-order valence-corrected chi connectivity index (χ4v) is 3.95. The summed E-state index contributed by atoms with van der Waals surface area (Å²) in [7, 11) is 0. The first kappa shape index (κ1) is 25.6. The number of likely N-dealkylation sites (N-methyl/N-ethyl adjacent to an activating group) is 1. The Hall–Kier alpha value is -3.07. The van der Waals surface area contributed by atoms with Crippen molar-refractivity contribution in [2.45, 2.75) is 46.6 Å². The number of amides is 2. The quantitative estimate of drug-likeness (QED) is 0.511.